The highest BCUT2D eigenvalue weighted by molar-refractivity contribution is 5.45. The standard InChI is InChI=1S/C15H23N3O/c1-10-9-11(2)13(4)15(12(10)3)14(17-18-16)7-5-6-8-19/h9,14,19H,5-8H2,1-4H3. The molecule has 1 aromatic carbocycles. The molecule has 1 atom stereocenters. The fourth-order valence-corrected chi connectivity index (χ4v) is 2.52. The van der Waals surface area contributed by atoms with E-state index in [4.69, 9.17) is 10.6 Å². The lowest BCUT2D eigenvalue weighted by Crippen LogP contribution is -2.05. The molecule has 0 spiro atoms. The van der Waals surface area contributed by atoms with Crippen LogP contribution in [0.2, 0.25) is 0 Å². The monoisotopic (exact) mass is 261 g/mol. The molecule has 0 heterocycles. The van der Waals surface area contributed by atoms with Gasteiger partial charge in [0.1, 0.15) is 0 Å². The van der Waals surface area contributed by atoms with E-state index in [9.17, 15) is 0 Å². The van der Waals surface area contributed by atoms with Gasteiger partial charge in [-0.3, -0.25) is 0 Å². The van der Waals surface area contributed by atoms with Crippen LogP contribution in [-0.2, 0) is 0 Å². The zero-order valence-electron chi connectivity index (χ0n) is 12.3. The molecule has 0 fully saturated rings. The van der Waals surface area contributed by atoms with Crippen molar-refractivity contribution >= 4 is 0 Å². The van der Waals surface area contributed by atoms with Gasteiger partial charge in [-0.05, 0) is 73.9 Å². The van der Waals surface area contributed by atoms with E-state index >= 15 is 0 Å². The van der Waals surface area contributed by atoms with Crippen molar-refractivity contribution in [3.8, 4) is 0 Å². The third-order valence-corrected chi connectivity index (χ3v) is 3.83. The van der Waals surface area contributed by atoms with Crippen molar-refractivity contribution in [2.24, 2.45) is 5.11 Å². The number of aryl methyl sites for hydroxylation is 2. The second-order valence-electron chi connectivity index (χ2n) is 5.11. The van der Waals surface area contributed by atoms with Crippen LogP contribution < -0.4 is 0 Å². The van der Waals surface area contributed by atoms with Gasteiger partial charge in [0.05, 0.1) is 6.04 Å². The third-order valence-electron chi connectivity index (χ3n) is 3.83. The van der Waals surface area contributed by atoms with E-state index in [1.165, 1.54) is 22.3 Å². The molecule has 0 bridgehead atoms. The van der Waals surface area contributed by atoms with Crippen molar-refractivity contribution in [2.45, 2.75) is 53.0 Å². The van der Waals surface area contributed by atoms with Gasteiger partial charge in [0.2, 0.25) is 0 Å². The number of aliphatic hydroxyl groups excluding tert-OH is 1. The van der Waals surface area contributed by atoms with Gasteiger partial charge < -0.3 is 5.11 Å². The summed E-state index contributed by atoms with van der Waals surface area (Å²) < 4.78 is 0. The highest BCUT2D eigenvalue weighted by Gasteiger charge is 2.17. The van der Waals surface area contributed by atoms with Crippen LogP contribution in [0.25, 0.3) is 10.4 Å². The predicted octanol–water partition coefficient (Wildman–Crippen LogP) is 4.43. The highest BCUT2D eigenvalue weighted by Crippen LogP contribution is 2.32. The van der Waals surface area contributed by atoms with Crippen molar-refractivity contribution < 1.29 is 5.11 Å². The molecule has 1 unspecified atom stereocenters. The molecule has 0 saturated carbocycles. The highest BCUT2D eigenvalue weighted by atomic mass is 16.2. The van der Waals surface area contributed by atoms with Crippen molar-refractivity contribution in [3.63, 3.8) is 0 Å². The first kappa shape index (κ1) is 15.5. The number of benzene rings is 1. The summed E-state index contributed by atoms with van der Waals surface area (Å²) in [5.74, 6) is 0. The molecule has 4 heteroatoms. The van der Waals surface area contributed by atoms with Gasteiger partial charge in [-0.25, -0.2) is 0 Å². The van der Waals surface area contributed by atoms with Gasteiger partial charge in [0.15, 0.2) is 0 Å². The summed E-state index contributed by atoms with van der Waals surface area (Å²) in [6.45, 7) is 8.54. The Morgan fingerprint density at radius 1 is 1.16 bits per heavy atom. The Kier molecular flexibility index (Phi) is 5.87. The van der Waals surface area contributed by atoms with Crippen LogP contribution in [0.15, 0.2) is 11.2 Å². The van der Waals surface area contributed by atoms with E-state index < -0.39 is 0 Å². The third kappa shape index (κ3) is 3.72. The molecule has 0 aliphatic heterocycles. The summed E-state index contributed by atoms with van der Waals surface area (Å²) in [4.78, 5) is 3.00. The SMILES string of the molecule is Cc1cc(C)c(C)c(C(CCCCO)N=[N+]=[N-])c1C. The fraction of sp³-hybridized carbons (Fsp3) is 0.600. The number of aliphatic hydroxyl groups is 1. The Bertz CT molecular complexity index is 464. The van der Waals surface area contributed by atoms with E-state index in [0.29, 0.717) is 0 Å². The molecular weight excluding hydrogens is 238 g/mol. The number of azide groups is 1. The Balaban J connectivity index is 3.18. The Labute approximate surface area is 115 Å². The summed E-state index contributed by atoms with van der Waals surface area (Å²) in [5, 5.41) is 12.8. The molecule has 1 rings (SSSR count). The lowest BCUT2D eigenvalue weighted by Gasteiger charge is -2.20. The zero-order chi connectivity index (χ0) is 14.4. The van der Waals surface area contributed by atoms with Crippen LogP contribution >= 0.6 is 0 Å². The fourth-order valence-electron chi connectivity index (χ4n) is 2.52. The minimum atomic E-state index is -0.129. The molecule has 4 nitrogen and oxygen atoms in total. The molecule has 0 saturated heterocycles. The summed E-state index contributed by atoms with van der Waals surface area (Å²) in [7, 11) is 0. The van der Waals surface area contributed by atoms with Gasteiger partial charge >= 0.3 is 0 Å². The van der Waals surface area contributed by atoms with Gasteiger partial charge in [-0.1, -0.05) is 17.6 Å². The molecule has 104 valence electrons. The first-order valence-corrected chi connectivity index (χ1v) is 6.75. The van der Waals surface area contributed by atoms with Crippen LogP contribution in [-0.4, -0.2) is 11.7 Å². The van der Waals surface area contributed by atoms with Crippen molar-refractivity contribution in [2.75, 3.05) is 6.61 Å². The van der Waals surface area contributed by atoms with Crippen LogP contribution in [0, 0.1) is 27.7 Å². The first-order chi connectivity index (χ1) is 9.02. The van der Waals surface area contributed by atoms with Crippen molar-refractivity contribution in [3.05, 3.63) is 44.3 Å². The average Bonchev–Trinajstić information content (AvgIpc) is 2.37. The van der Waals surface area contributed by atoms with Crippen molar-refractivity contribution in [1.29, 1.82) is 0 Å². The minimum absolute atomic E-state index is 0.129. The molecule has 0 aromatic heterocycles. The number of nitrogens with zero attached hydrogens (tertiary/aromatic N) is 3. The number of hydrogen-bond acceptors (Lipinski definition) is 2. The van der Waals surface area contributed by atoms with E-state index in [-0.39, 0.29) is 12.6 Å². The molecule has 0 aliphatic carbocycles. The van der Waals surface area contributed by atoms with Gasteiger partial charge in [-0.2, -0.15) is 0 Å². The van der Waals surface area contributed by atoms with E-state index in [1.54, 1.807) is 0 Å². The topological polar surface area (TPSA) is 69.0 Å². The van der Waals surface area contributed by atoms with E-state index in [1.807, 2.05) is 0 Å². The maximum atomic E-state index is 8.87. The summed E-state index contributed by atoms with van der Waals surface area (Å²) in [5.41, 5.74) is 14.8. The molecule has 0 aliphatic rings. The largest absolute Gasteiger partial charge is 0.396 e. The predicted molar refractivity (Wildman–Crippen MR) is 78.2 cm³/mol. The molecule has 1 N–H and O–H groups in total. The summed E-state index contributed by atoms with van der Waals surface area (Å²) in [6.07, 6.45) is 2.40. The number of hydrogen-bond donors (Lipinski definition) is 1. The smallest absolute Gasteiger partial charge is 0.0630 e. The van der Waals surface area contributed by atoms with E-state index in [0.717, 1.165) is 24.8 Å². The normalized spacial score (nSPS) is 12.1. The molecule has 19 heavy (non-hydrogen) atoms. The van der Waals surface area contributed by atoms with E-state index in [2.05, 4.69) is 43.8 Å². The first-order valence-electron chi connectivity index (χ1n) is 6.75. The molecule has 1 aromatic rings. The van der Waals surface area contributed by atoms with Gasteiger partial charge in [0, 0.05) is 11.5 Å². The summed E-state index contributed by atoms with van der Waals surface area (Å²) >= 11 is 0. The average molecular weight is 261 g/mol. The Morgan fingerprint density at radius 2 is 1.74 bits per heavy atom. The number of rotatable bonds is 6. The van der Waals surface area contributed by atoms with Crippen LogP contribution in [0.3, 0.4) is 0 Å². The Hall–Kier alpha value is -1.51. The molecular formula is C15H23N3O. The molecule has 0 radical (unpaired) electrons. The number of unbranched alkanes of at least 4 members (excludes halogenated alkanes) is 1. The van der Waals surface area contributed by atoms with Crippen LogP contribution in [0.5, 0.6) is 0 Å². The lowest BCUT2D eigenvalue weighted by molar-refractivity contribution is 0.281. The molecule has 0 amide bonds. The van der Waals surface area contributed by atoms with Crippen molar-refractivity contribution in [1.82, 2.24) is 0 Å². The Morgan fingerprint density at radius 3 is 2.21 bits per heavy atom. The summed E-state index contributed by atoms with van der Waals surface area (Å²) in [6, 6.07) is 2.05. The lowest BCUT2D eigenvalue weighted by atomic mass is 9.88. The van der Waals surface area contributed by atoms with Gasteiger partial charge in [-0.15, -0.1) is 0 Å². The van der Waals surface area contributed by atoms with Gasteiger partial charge in [0.25, 0.3) is 0 Å². The van der Waals surface area contributed by atoms with Crippen LogP contribution in [0.4, 0.5) is 0 Å². The maximum absolute atomic E-state index is 8.87. The van der Waals surface area contributed by atoms with Crippen LogP contribution in [0.1, 0.15) is 53.1 Å². The zero-order valence-corrected chi connectivity index (χ0v) is 12.3. The maximum Gasteiger partial charge on any atom is 0.0630 e. The second-order valence-corrected chi connectivity index (χ2v) is 5.11. The minimum Gasteiger partial charge on any atom is -0.396 e. The quantitative estimate of drug-likeness (QED) is 0.350. The second kappa shape index (κ2) is 7.17.